The van der Waals surface area contributed by atoms with Crippen molar-refractivity contribution >= 4 is 29.2 Å². The number of hydrogen-bond donors (Lipinski definition) is 3. The van der Waals surface area contributed by atoms with E-state index in [2.05, 4.69) is 31.4 Å². The summed E-state index contributed by atoms with van der Waals surface area (Å²) in [5, 5.41) is 14.6. The van der Waals surface area contributed by atoms with Gasteiger partial charge in [-0.15, -0.1) is 0 Å². The number of ether oxygens (including phenoxy) is 1. The van der Waals surface area contributed by atoms with Gasteiger partial charge in [0.15, 0.2) is 0 Å². The lowest BCUT2D eigenvalue weighted by atomic mass is 9.86. The summed E-state index contributed by atoms with van der Waals surface area (Å²) in [6.07, 6.45) is 0. The molecule has 7 heteroatoms. The van der Waals surface area contributed by atoms with Gasteiger partial charge in [0, 0.05) is 17.3 Å². The van der Waals surface area contributed by atoms with Crippen LogP contribution in [0.5, 0.6) is 5.75 Å². The van der Waals surface area contributed by atoms with Crippen LogP contribution in [0.2, 0.25) is 0 Å². The number of carbonyl (C=O) groups is 3. The van der Waals surface area contributed by atoms with Crippen molar-refractivity contribution in [2.24, 2.45) is 0 Å². The Morgan fingerprint density at radius 3 is 2.12 bits per heavy atom. The van der Waals surface area contributed by atoms with E-state index in [1.54, 1.807) is 30.3 Å². The van der Waals surface area contributed by atoms with Crippen molar-refractivity contribution in [3.05, 3.63) is 89.0 Å². The summed E-state index contributed by atoms with van der Waals surface area (Å²) >= 11 is 0. The average Bonchev–Trinajstić information content (AvgIpc) is 2.78. The van der Waals surface area contributed by atoms with Gasteiger partial charge in [-0.25, -0.2) is 4.79 Å². The normalized spacial score (nSPS) is 10.9. The highest BCUT2D eigenvalue weighted by Gasteiger charge is 2.18. The lowest BCUT2D eigenvalue weighted by Gasteiger charge is -2.19. The number of amides is 2. The number of rotatable bonds is 6. The predicted molar refractivity (Wildman–Crippen MR) is 127 cm³/mol. The van der Waals surface area contributed by atoms with E-state index in [1.807, 2.05) is 12.1 Å². The molecule has 3 aromatic rings. The van der Waals surface area contributed by atoms with Crippen molar-refractivity contribution in [3.8, 4) is 5.75 Å². The highest BCUT2D eigenvalue weighted by Crippen LogP contribution is 2.26. The van der Waals surface area contributed by atoms with E-state index < -0.39 is 11.9 Å². The molecule has 0 bridgehead atoms. The fourth-order valence-corrected chi connectivity index (χ4v) is 3.20. The van der Waals surface area contributed by atoms with Crippen LogP contribution in [0.25, 0.3) is 0 Å². The van der Waals surface area contributed by atoms with Crippen molar-refractivity contribution in [2.75, 3.05) is 17.7 Å². The molecule has 0 saturated carbocycles. The minimum absolute atomic E-state index is 0.0367. The Kier molecular flexibility index (Phi) is 6.82. The SMILES string of the molecule is COc1ccc(C(=O)Nc2cccc(C(=O)O)c2)c(NC(=O)c2ccc(C(C)(C)C)cc2)c1. The average molecular weight is 447 g/mol. The zero-order valence-electron chi connectivity index (χ0n) is 18.9. The molecule has 0 unspecified atom stereocenters. The molecule has 0 aliphatic heterocycles. The van der Waals surface area contributed by atoms with Crippen LogP contribution >= 0.6 is 0 Å². The quantitative estimate of drug-likeness (QED) is 0.483. The zero-order chi connectivity index (χ0) is 24.2. The van der Waals surface area contributed by atoms with E-state index in [1.165, 1.54) is 31.4 Å². The smallest absolute Gasteiger partial charge is 0.335 e. The number of carbonyl (C=O) groups excluding carboxylic acids is 2. The molecule has 3 aromatic carbocycles. The minimum Gasteiger partial charge on any atom is -0.497 e. The highest BCUT2D eigenvalue weighted by atomic mass is 16.5. The summed E-state index contributed by atoms with van der Waals surface area (Å²) in [5.74, 6) is -1.50. The van der Waals surface area contributed by atoms with Crippen LogP contribution in [-0.4, -0.2) is 30.0 Å². The topological polar surface area (TPSA) is 105 Å². The summed E-state index contributed by atoms with van der Waals surface area (Å²) in [5.41, 5.74) is 2.36. The number of carboxylic acid groups (broad SMARTS) is 1. The van der Waals surface area contributed by atoms with E-state index in [-0.39, 0.29) is 28.1 Å². The van der Waals surface area contributed by atoms with Gasteiger partial charge in [-0.05, 0) is 53.4 Å². The summed E-state index contributed by atoms with van der Waals surface area (Å²) in [7, 11) is 1.49. The zero-order valence-corrected chi connectivity index (χ0v) is 18.9. The Bertz CT molecular complexity index is 1190. The standard InChI is InChI=1S/C26H26N2O5/c1-26(2,3)18-10-8-16(9-11-18)23(29)28-22-15-20(33-4)12-13-21(22)24(30)27-19-7-5-6-17(14-19)25(31)32/h5-15H,1-4H3,(H,27,30)(H,28,29)(H,31,32). The molecule has 0 radical (unpaired) electrons. The fourth-order valence-electron chi connectivity index (χ4n) is 3.20. The largest absolute Gasteiger partial charge is 0.497 e. The van der Waals surface area contributed by atoms with Gasteiger partial charge in [-0.2, -0.15) is 0 Å². The Morgan fingerprint density at radius 1 is 0.818 bits per heavy atom. The van der Waals surface area contributed by atoms with Gasteiger partial charge in [-0.3, -0.25) is 9.59 Å². The van der Waals surface area contributed by atoms with Crippen LogP contribution in [0, 0.1) is 0 Å². The van der Waals surface area contributed by atoms with Crippen molar-refractivity contribution < 1.29 is 24.2 Å². The molecule has 0 fully saturated rings. The second-order valence-electron chi connectivity index (χ2n) is 8.53. The van der Waals surface area contributed by atoms with Gasteiger partial charge >= 0.3 is 5.97 Å². The Balaban J connectivity index is 1.86. The first-order valence-electron chi connectivity index (χ1n) is 10.3. The second kappa shape index (κ2) is 9.56. The number of hydrogen-bond acceptors (Lipinski definition) is 4. The van der Waals surface area contributed by atoms with E-state index >= 15 is 0 Å². The number of methoxy groups -OCH3 is 1. The monoisotopic (exact) mass is 446 g/mol. The third-order valence-electron chi connectivity index (χ3n) is 5.10. The number of carboxylic acids is 1. The maximum absolute atomic E-state index is 12.9. The van der Waals surface area contributed by atoms with Gasteiger partial charge in [0.2, 0.25) is 0 Å². The lowest BCUT2D eigenvalue weighted by Crippen LogP contribution is -2.19. The molecule has 0 aromatic heterocycles. The van der Waals surface area contributed by atoms with Crippen LogP contribution in [0.4, 0.5) is 11.4 Å². The molecule has 2 amide bonds. The third-order valence-corrected chi connectivity index (χ3v) is 5.10. The Morgan fingerprint density at radius 2 is 1.52 bits per heavy atom. The Hall–Kier alpha value is -4.13. The molecular weight excluding hydrogens is 420 g/mol. The van der Waals surface area contributed by atoms with Crippen LogP contribution in [-0.2, 0) is 5.41 Å². The molecule has 0 aliphatic carbocycles. The van der Waals surface area contributed by atoms with Gasteiger partial charge in [0.1, 0.15) is 5.75 Å². The molecule has 0 heterocycles. The number of nitrogens with one attached hydrogen (secondary N) is 2. The number of anilines is 2. The van der Waals surface area contributed by atoms with E-state index in [9.17, 15) is 14.4 Å². The molecule has 7 nitrogen and oxygen atoms in total. The van der Waals surface area contributed by atoms with Gasteiger partial charge in [0.25, 0.3) is 11.8 Å². The molecule has 33 heavy (non-hydrogen) atoms. The Labute approximate surface area is 192 Å². The fraction of sp³-hybridized carbons (Fsp3) is 0.192. The molecule has 3 rings (SSSR count). The van der Waals surface area contributed by atoms with E-state index in [4.69, 9.17) is 9.84 Å². The number of aromatic carboxylic acids is 1. The van der Waals surface area contributed by atoms with E-state index in [0.29, 0.717) is 17.0 Å². The summed E-state index contributed by atoms with van der Waals surface area (Å²) < 4.78 is 5.24. The highest BCUT2D eigenvalue weighted by molar-refractivity contribution is 6.13. The summed E-state index contributed by atoms with van der Waals surface area (Å²) in [6, 6.07) is 17.9. The third kappa shape index (κ3) is 5.77. The maximum Gasteiger partial charge on any atom is 0.335 e. The predicted octanol–water partition coefficient (Wildman–Crippen LogP) is 5.20. The van der Waals surface area contributed by atoms with Crippen molar-refractivity contribution in [3.63, 3.8) is 0 Å². The summed E-state index contributed by atoms with van der Waals surface area (Å²) in [6.45, 7) is 6.28. The molecule has 170 valence electrons. The maximum atomic E-state index is 12.9. The first-order chi connectivity index (χ1) is 15.6. The molecule has 0 aliphatic rings. The van der Waals surface area contributed by atoms with Crippen molar-refractivity contribution in [1.29, 1.82) is 0 Å². The molecule has 0 saturated heterocycles. The lowest BCUT2D eigenvalue weighted by molar-refractivity contribution is 0.0696. The van der Waals surface area contributed by atoms with Gasteiger partial charge in [-0.1, -0.05) is 39.0 Å². The van der Waals surface area contributed by atoms with Crippen LogP contribution < -0.4 is 15.4 Å². The first kappa shape index (κ1) is 23.5. The van der Waals surface area contributed by atoms with Crippen molar-refractivity contribution in [1.82, 2.24) is 0 Å². The van der Waals surface area contributed by atoms with Crippen LogP contribution in [0.3, 0.4) is 0 Å². The minimum atomic E-state index is -1.10. The summed E-state index contributed by atoms with van der Waals surface area (Å²) in [4.78, 5) is 37.0. The van der Waals surface area contributed by atoms with Crippen LogP contribution in [0.15, 0.2) is 66.7 Å². The van der Waals surface area contributed by atoms with Crippen molar-refractivity contribution in [2.45, 2.75) is 26.2 Å². The van der Waals surface area contributed by atoms with Crippen LogP contribution in [0.1, 0.15) is 57.4 Å². The second-order valence-corrected chi connectivity index (χ2v) is 8.53. The molecular formula is C26H26N2O5. The molecule has 0 spiro atoms. The molecule has 3 N–H and O–H groups in total. The van der Waals surface area contributed by atoms with Gasteiger partial charge in [0.05, 0.1) is 23.9 Å². The number of benzene rings is 3. The van der Waals surface area contributed by atoms with E-state index in [0.717, 1.165) is 5.56 Å². The molecule has 0 atom stereocenters. The van der Waals surface area contributed by atoms with Gasteiger partial charge < -0.3 is 20.5 Å². The first-order valence-corrected chi connectivity index (χ1v) is 10.3.